The van der Waals surface area contributed by atoms with Crippen molar-refractivity contribution in [1.82, 2.24) is 0 Å². The summed E-state index contributed by atoms with van der Waals surface area (Å²) in [7, 11) is 1.43. The normalized spacial score (nSPS) is 14.4. The van der Waals surface area contributed by atoms with Crippen molar-refractivity contribution < 1.29 is 42.1 Å². The van der Waals surface area contributed by atoms with E-state index in [1.54, 1.807) is 0 Å². The number of rotatable bonds is 37. The number of phosphoric acid groups is 1. The highest BCUT2D eigenvalue weighted by Gasteiger charge is 2.27. The van der Waals surface area contributed by atoms with E-state index >= 15 is 0 Å². The van der Waals surface area contributed by atoms with Crippen LogP contribution in [-0.4, -0.2) is 74.9 Å². The van der Waals surface area contributed by atoms with Gasteiger partial charge in [-0.3, -0.25) is 18.6 Å². The zero-order valence-electron chi connectivity index (χ0n) is 35.4. The number of ether oxygens (including phenoxy) is 2. The monoisotopic (exact) mass is 793 g/mol. The Morgan fingerprint density at radius 3 is 1.58 bits per heavy atom. The Morgan fingerprint density at radius 2 is 1.04 bits per heavy atom. The van der Waals surface area contributed by atoms with Gasteiger partial charge in [-0.25, -0.2) is 4.57 Å². The molecular weight excluding hydrogens is 713 g/mol. The van der Waals surface area contributed by atoms with Crippen LogP contribution in [0.15, 0.2) is 72.9 Å². The number of quaternary nitrogens is 1. The molecule has 0 fully saturated rings. The van der Waals surface area contributed by atoms with E-state index in [0.717, 1.165) is 77.0 Å². The predicted octanol–water partition coefficient (Wildman–Crippen LogP) is 11.9. The molecule has 0 saturated heterocycles. The van der Waals surface area contributed by atoms with E-state index in [1.165, 1.54) is 32.1 Å². The van der Waals surface area contributed by atoms with Crippen LogP contribution in [0, 0.1) is 0 Å². The molecule has 0 aliphatic heterocycles. The summed E-state index contributed by atoms with van der Waals surface area (Å²) >= 11 is 0. The van der Waals surface area contributed by atoms with Crippen LogP contribution in [-0.2, 0) is 32.7 Å². The minimum absolute atomic E-state index is 0.0175. The number of phosphoric ester groups is 1. The highest BCUT2D eigenvalue weighted by atomic mass is 31.2. The van der Waals surface area contributed by atoms with Crippen molar-refractivity contribution in [2.75, 3.05) is 47.5 Å². The summed E-state index contributed by atoms with van der Waals surface area (Å²) in [6.07, 6.45) is 45.2. The molecule has 2 unspecified atom stereocenters. The first-order chi connectivity index (χ1) is 26.5. The molecule has 0 aliphatic rings. The molecule has 0 aromatic rings. The van der Waals surface area contributed by atoms with E-state index in [9.17, 15) is 19.0 Å². The van der Waals surface area contributed by atoms with Gasteiger partial charge < -0.3 is 18.9 Å². The fourth-order valence-corrected chi connectivity index (χ4v) is 5.89. The summed E-state index contributed by atoms with van der Waals surface area (Å²) < 4.78 is 34.2. The number of carbonyl (C=O) groups excluding carboxylic acids is 2. The lowest BCUT2D eigenvalue weighted by atomic mass is 10.1. The maximum atomic E-state index is 12.7. The zero-order valence-corrected chi connectivity index (χ0v) is 36.3. The molecule has 0 heterocycles. The van der Waals surface area contributed by atoms with Gasteiger partial charge in [0.15, 0.2) is 6.10 Å². The van der Waals surface area contributed by atoms with Crippen LogP contribution < -0.4 is 0 Å². The number of esters is 2. The number of likely N-dealkylation sites (N-methyl/N-ethyl adjacent to an activating group) is 1. The average Bonchev–Trinajstić information content (AvgIpc) is 3.13. The molecule has 0 spiro atoms. The van der Waals surface area contributed by atoms with Gasteiger partial charge in [0.25, 0.3) is 0 Å². The molecule has 0 rings (SSSR count). The van der Waals surface area contributed by atoms with Crippen molar-refractivity contribution in [3.63, 3.8) is 0 Å². The van der Waals surface area contributed by atoms with E-state index in [4.69, 9.17) is 18.5 Å². The molecule has 0 saturated carbocycles. The molecule has 9 nitrogen and oxygen atoms in total. The Balaban J connectivity index is 4.49. The second-order valence-electron chi connectivity index (χ2n) is 15.0. The number of hydrogen-bond acceptors (Lipinski definition) is 7. The number of hydrogen-bond donors (Lipinski definition) is 1. The third-order valence-electron chi connectivity index (χ3n) is 8.47. The topological polar surface area (TPSA) is 108 Å². The summed E-state index contributed by atoms with van der Waals surface area (Å²) in [6.45, 7) is 4.20. The van der Waals surface area contributed by atoms with Crippen molar-refractivity contribution in [2.45, 2.75) is 155 Å². The van der Waals surface area contributed by atoms with Crippen LogP contribution in [0.4, 0.5) is 0 Å². The Kier molecular flexibility index (Phi) is 35.3. The average molecular weight is 793 g/mol. The minimum Gasteiger partial charge on any atom is -0.462 e. The predicted molar refractivity (Wildman–Crippen MR) is 229 cm³/mol. The molecule has 316 valence electrons. The molecule has 0 radical (unpaired) electrons. The highest BCUT2D eigenvalue weighted by Crippen LogP contribution is 2.43. The Labute approximate surface area is 336 Å². The summed E-state index contributed by atoms with van der Waals surface area (Å²) in [5.41, 5.74) is 0. The second kappa shape index (κ2) is 37.1. The SMILES string of the molecule is CC/C=C\C/C=C\C/C=C\C/C=C\CCCCC(=O)OC(COC(=O)CCCCCCC/C=C\C/C=C\CCCCCC)COP(=O)(O)OCC[N+](C)(C)C. The highest BCUT2D eigenvalue weighted by molar-refractivity contribution is 7.47. The van der Waals surface area contributed by atoms with Crippen LogP contribution in [0.25, 0.3) is 0 Å². The van der Waals surface area contributed by atoms with Crippen LogP contribution in [0.5, 0.6) is 0 Å². The van der Waals surface area contributed by atoms with Crippen molar-refractivity contribution in [2.24, 2.45) is 0 Å². The fraction of sp³-hybridized carbons (Fsp3) is 0.689. The first-order valence-corrected chi connectivity index (χ1v) is 22.7. The molecule has 0 aromatic carbocycles. The van der Waals surface area contributed by atoms with Crippen molar-refractivity contribution in [3.8, 4) is 0 Å². The van der Waals surface area contributed by atoms with Gasteiger partial charge in [-0.1, -0.05) is 125 Å². The molecule has 0 aliphatic carbocycles. The van der Waals surface area contributed by atoms with Gasteiger partial charge in [-0.15, -0.1) is 0 Å². The lowest BCUT2D eigenvalue weighted by Crippen LogP contribution is -2.37. The van der Waals surface area contributed by atoms with Gasteiger partial charge in [0, 0.05) is 12.8 Å². The molecule has 1 N–H and O–H groups in total. The van der Waals surface area contributed by atoms with Crippen molar-refractivity contribution >= 4 is 19.8 Å². The summed E-state index contributed by atoms with van der Waals surface area (Å²) in [5, 5.41) is 0. The zero-order chi connectivity index (χ0) is 40.7. The maximum Gasteiger partial charge on any atom is 0.472 e. The Hall–Kier alpha value is -2.55. The Morgan fingerprint density at radius 1 is 0.582 bits per heavy atom. The number of unbranched alkanes of at least 4 members (excludes halogenated alkanes) is 11. The van der Waals surface area contributed by atoms with Crippen LogP contribution in [0.3, 0.4) is 0 Å². The quantitative estimate of drug-likeness (QED) is 0.0218. The summed E-state index contributed by atoms with van der Waals surface area (Å²) in [6, 6.07) is 0. The molecule has 2 atom stereocenters. The van der Waals surface area contributed by atoms with E-state index < -0.39 is 32.5 Å². The largest absolute Gasteiger partial charge is 0.472 e. The third-order valence-corrected chi connectivity index (χ3v) is 9.45. The molecular formula is C45H79NO8P+. The second-order valence-corrected chi connectivity index (χ2v) is 16.4. The molecule has 10 heteroatoms. The molecule has 55 heavy (non-hydrogen) atoms. The molecule has 0 bridgehead atoms. The number of nitrogens with zero attached hydrogens (tertiary/aromatic N) is 1. The van der Waals surface area contributed by atoms with Gasteiger partial charge in [0.05, 0.1) is 27.7 Å². The van der Waals surface area contributed by atoms with Gasteiger partial charge in [-0.05, 0) is 83.5 Å². The maximum absolute atomic E-state index is 12.7. The first kappa shape index (κ1) is 52.5. The van der Waals surface area contributed by atoms with Gasteiger partial charge in [0.1, 0.15) is 19.8 Å². The Bertz CT molecular complexity index is 1170. The van der Waals surface area contributed by atoms with Gasteiger partial charge in [0.2, 0.25) is 0 Å². The molecule has 0 amide bonds. The van der Waals surface area contributed by atoms with E-state index in [1.807, 2.05) is 21.1 Å². The van der Waals surface area contributed by atoms with Gasteiger partial charge >= 0.3 is 19.8 Å². The standard InChI is InChI=1S/C45H78NO8P/c1-6-8-10-12-14-16-18-20-22-24-25-27-29-31-33-35-37-44(47)51-41-43(42-53-55(49,50)52-40-39-46(3,4)5)54-45(48)38-36-34-32-30-28-26-23-21-19-17-15-13-11-9-7-2/h9,11,15-18,21-24,28,30,43H,6-8,10,12-14,19-20,25-27,29,31-42H2,1-5H3/p+1/b11-9-,17-15-,18-16-,23-21-,24-22-,30-28-. The molecule has 0 aromatic heterocycles. The minimum atomic E-state index is -4.39. The first-order valence-electron chi connectivity index (χ1n) is 21.2. The lowest BCUT2D eigenvalue weighted by Gasteiger charge is -2.24. The van der Waals surface area contributed by atoms with Crippen LogP contribution in [0.1, 0.15) is 149 Å². The number of allylic oxidation sites excluding steroid dienone is 12. The fourth-order valence-electron chi connectivity index (χ4n) is 5.15. The number of carbonyl (C=O) groups is 2. The van der Waals surface area contributed by atoms with Crippen molar-refractivity contribution in [3.05, 3.63) is 72.9 Å². The summed E-state index contributed by atoms with van der Waals surface area (Å²) in [4.78, 5) is 35.3. The van der Waals surface area contributed by atoms with Gasteiger partial charge in [-0.2, -0.15) is 0 Å². The van der Waals surface area contributed by atoms with Crippen molar-refractivity contribution in [1.29, 1.82) is 0 Å². The van der Waals surface area contributed by atoms with E-state index in [-0.39, 0.29) is 26.1 Å². The van der Waals surface area contributed by atoms with E-state index in [2.05, 4.69) is 86.8 Å². The van der Waals surface area contributed by atoms with E-state index in [0.29, 0.717) is 23.9 Å². The van der Waals surface area contributed by atoms with Crippen LogP contribution in [0.2, 0.25) is 0 Å². The lowest BCUT2D eigenvalue weighted by molar-refractivity contribution is -0.870. The van der Waals surface area contributed by atoms with Crippen LogP contribution >= 0.6 is 7.82 Å². The third kappa shape index (κ3) is 40.9. The smallest absolute Gasteiger partial charge is 0.462 e. The summed E-state index contributed by atoms with van der Waals surface area (Å²) in [5.74, 6) is -0.871.